The summed E-state index contributed by atoms with van der Waals surface area (Å²) in [7, 11) is -0.974. The Kier molecular flexibility index (Phi) is 5.06. The van der Waals surface area contributed by atoms with Gasteiger partial charge in [-0.1, -0.05) is 23.7 Å². The SMILES string of the molecule is O=[S@](Cc1cccc(Cl)c1)Cc1csc([C@@H]2CCCO2)n1. The summed E-state index contributed by atoms with van der Waals surface area (Å²) in [5, 5.41) is 3.69. The first-order valence-corrected chi connectivity index (χ1v) is 9.60. The summed E-state index contributed by atoms with van der Waals surface area (Å²) in [4.78, 5) is 4.57. The van der Waals surface area contributed by atoms with Crippen LogP contribution in [0.4, 0.5) is 0 Å². The maximum atomic E-state index is 12.2. The van der Waals surface area contributed by atoms with Gasteiger partial charge in [0.2, 0.25) is 0 Å². The van der Waals surface area contributed by atoms with Crippen molar-refractivity contribution in [2.24, 2.45) is 0 Å². The van der Waals surface area contributed by atoms with E-state index in [2.05, 4.69) is 4.98 Å². The minimum atomic E-state index is -0.974. The molecular formula is C15H16ClNO2S2. The first kappa shape index (κ1) is 15.2. The molecular weight excluding hydrogens is 326 g/mol. The second-order valence-corrected chi connectivity index (χ2v) is 7.82. The molecule has 2 atom stereocenters. The molecule has 6 heteroatoms. The van der Waals surface area contributed by atoms with Crippen molar-refractivity contribution in [1.82, 2.24) is 4.98 Å². The van der Waals surface area contributed by atoms with Crippen LogP contribution in [0.3, 0.4) is 0 Å². The van der Waals surface area contributed by atoms with Crippen LogP contribution in [0.25, 0.3) is 0 Å². The standard InChI is InChI=1S/C15H16ClNO2S2/c16-12-4-1-3-11(7-12)9-21(18)10-13-8-20-15(17-13)14-5-2-6-19-14/h1,3-4,7-8,14H,2,5-6,9-10H2/t14-,21+/m0/s1. The Morgan fingerprint density at radius 2 is 2.33 bits per heavy atom. The fraction of sp³-hybridized carbons (Fsp3) is 0.400. The number of hydrogen-bond acceptors (Lipinski definition) is 4. The normalized spacial score (nSPS) is 19.8. The van der Waals surface area contributed by atoms with Gasteiger partial charge in [0.1, 0.15) is 11.1 Å². The number of halogens is 1. The van der Waals surface area contributed by atoms with E-state index >= 15 is 0 Å². The van der Waals surface area contributed by atoms with E-state index < -0.39 is 10.8 Å². The molecule has 21 heavy (non-hydrogen) atoms. The van der Waals surface area contributed by atoms with Gasteiger partial charge in [-0.3, -0.25) is 4.21 Å². The smallest absolute Gasteiger partial charge is 0.122 e. The third kappa shape index (κ3) is 4.13. The number of ether oxygens (including phenoxy) is 1. The summed E-state index contributed by atoms with van der Waals surface area (Å²) in [6.07, 6.45) is 2.28. The van der Waals surface area contributed by atoms with Crippen molar-refractivity contribution in [2.75, 3.05) is 6.61 Å². The van der Waals surface area contributed by atoms with Gasteiger partial charge in [0.25, 0.3) is 0 Å². The molecule has 1 aliphatic rings. The number of benzene rings is 1. The van der Waals surface area contributed by atoms with Gasteiger partial charge in [0.15, 0.2) is 0 Å². The van der Waals surface area contributed by atoms with E-state index in [4.69, 9.17) is 16.3 Å². The van der Waals surface area contributed by atoms with Crippen LogP contribution in [0.1, 0.15) is 35.2 Å². The van der Waals surface area contributed by atoms with Gasteiger partial charge >= 0.3 is 0 Å². The van der Waals surface area contributed by atoms with Crippen LogP contribution >= 0.6 is 22.9 Å². The molecule has 0 N–H and O–H groups in total. The summed E-state index contributed by atoms with van der Waals surface area (Å²) in [6, 6.07) is 7.51. The van der Waals surface area contributed by atoms with Crippen molar-refractivity contribution >= 4 is 33.7 Å². The highest BCUT2D eigenvalue weighted by molar-refractivity contribution is 7.83. The number of aromatic nitrogens is 1. The molecule has 0 radical (unpaired) electrons. The average Bonchev–Trinajstić information content (AvgIpc) is 3.08. The van der Waals surface area contributed by atoms with Crippen molar-refractivity contribution < 1.29 is 8.95 Å². The Morgan fingerprint density at radius 3 is 3.10 bits per heavy atom. The Hall–Kier alpha value is -0.750. The molecule has 0 bridgehead atoms. The second-order valence-electron chi connectivity index (χ2n) is 5.04. The summed E-state index contributed by atoms with van der Waals surface area (Å²) in [5.41, 5.74) is 1.89. The van der Waals surface area contributed by atoms with Crippen molar-refractivity contribution in [1.29, 1.82) is 0 Å². The van der Waals surface area contributed by atoms with Crippen LogP contribution in [-0.4, -0.2) is 15.8 Å². The van der Waals surface area contributed by atoms with Gasteiger partial charge in [-0.2, -0.15) is 0 Å². The van der Waals surface area contributed by atoms with Crippen molar-refractivity contribution in [3.8, 4) is 0 Å². The number of hydrogen-bond donors (Lipinski definition) is 0. The Labute approximate surface area is 135 Å². The lowest BCUT2D eigenvalue weighted by atomic mass is 10.2. The van der Waals surface area contributed by atoms with Crippen LogP contribution in [0, 0.1) is 0 Å². The lowest BCUT2D eigenvalue weighted by Crippen LogP contribution is -2.01. The van der Waals surface area contributed by atoms with Crippen molar-refractivity contribution in [2.45, 2.75) is 30.5 Å². The minimum Gasteiger partial charge on any atom is -0.371 e. The molecule has 1 aromatic carbocycles. The van der Waals surface area contributed by atoms with Gasteiger partial charge < -0.3 is 4.74 Å². The molecule has 0 aliphatic carbocycles. The first-order chi connectivity index (χ1) is 10.2. The van der Waals surface area contributed by atoms with Gasteiger partial charge in [-0.25, -0.2) is 4.98 Å². The fourth-order valence-corrected chi connectivity index (χ4v) is 4.69. The Morgan fingerprint density at radius 1 is 1.43 bits per heavy atom. The molecule has 2 heterocycles. The van der Waals surface area contributed by atoms with Crippen LogP contribution in [0.5, 0.6) is 0 Å². The fourth-order valence-electron chi connectivity index (χ4n) is 2.34. The number of thiazole rings is 1. The molecule has 1 fully saturated rings. The van der Waals surface area contributed by atoms with E-state index in [9.17, 15) is 4.21 Å². The summed E-state index contributed by atoms with van der Waals surface area (Å²) >= 11 is 7.55. The van der Waals surface area contributed by atoms with Crippen LogP contribution in [-0.2, 0) is 27.0 Å². The summed E-state index contributed by atoms with van der Waals surface area (Å²) < 4.78 is 17.8. The molecule has 0 amide bonds. The van der Waals surface area contributed by atoms with Gasteiger partial charge in [-0.15, -0.1) is 11.3 Å². The highest BCUT2D eigenvalue weighted by Crippen LogP contribution is 2.30. The Balaban J connectivity index is 1.59. The molecule has 1 saturated heterocycles. The van der Waals surface area contributed by atoms with Crippen LogP contribution in [0.15, 0.2) is 29.6 Å². The van der Waals surface area contributed by atoms with Crippen LogP contribution in [0.2, 0.25) is 5.02 Å². The first-order valence-electron chi connectivity index (χ1n) is 6.86. The maximum absolute atomic E-state index is 12.2. The monoisotopic (exact) mass is 341 g/mol. The van der Waals surface area contributed by atoms with Crippen LogP contribution < -0.4 is 0 Å². The van der Waals surface area contributed by atoms with E-state index in [-0.39, 0.29) is 6.10 Å². The molecule has 0 unspecified atom stereocenters. The molecule has 1 aromatic heterocycles. The minimum absolute atomic E-state index is 0.144. The highest BCUT2D eigenvalue weighted by Gasteiger charge is 2.21. The van der Waals surface area contributed by atoms with E-state index in [1.54, 1.807) is 11.3 Å². The van der Waals surface area contributed by atoms with Crippen molar-refractivity contribution in [3.05, 3.63) is 50.9 Å². The lowest BCUT2D eigenvalue weighted by molar-refractivity contribution is 0.111. The van der Waals surface area contributed by atoms with Crippen molar-refractivity contribution in [3.63, 3.8) is 0 Å². The molecule has 0 saturated carbocycles. The van der Waals surface area contributed by atoms with E-state index in [1.165, 1.54) is 0 Å². The lowest BCUT2D eigenvalue weighted by Gasteiger charge is -2.04. The number of nitrogens with zero attached hydrogens (tertiary/aromatic N) is 1. The molecule has 0 spiro atoms. The van der Waals surface area contributed by atoms with Gasteiger partial charge in [-0.05, 0) is 30.5 Å². The molecule has 3 nitrogen and oxygen atoms in total. The van der Waals surface area contributed by atoms with Gasteiger partial charge in [0, 0.05) is 33.6 Å². The maximum Gasteiger partial charge on any atom is 0.122 e. The van der Waals surface area contributed by atoms with E-state index in [0.717, 1.165) is 35.7 Å². The van der Waals surface area contributed by atoms with E-state index in [1.807, 2.05) is 29.6 Å². The largest absolute Gasteiger partial charge is 0.371 e. The predicted molar refractivity (Wildman–Crippen MR) is 87.0 cm³/mol. The molecule has 1 aliphatic heterocycles. The molecule has 2 aromatic rings. The summed E-state index contributed by atoms with van der Waals surface area (Å²) in [5.74, 6) is 0.989. The quantitative estimate of drug-likeness (QED) is 0.822. The Bertz CT molecular complexity index is 638. The zero-order valence-corrected chi connectivity index (χ0v) is 13.8. The highest BCUT2D eigenvalue weighted by atomic mass is 35.5. The van der Waals surface area contributed by atoms with Gasteiger partial charge in [0.05, 0.1) is 11.4 Å². The topological polar surface area (TPSA) is 39.2 Å². The third-order valence-electron chi connectivity index (χ3n) is 3.30. The molecule has 3 rings (SSSR count). The zero-order chi connectivity index (χ0) is 14.7. The second kappa shape index (κ2) is 7.01. The average molecular weight is 342 g/mol. The predicted octanol–water partition coefficient (Wildman–Crippen LogP) is 4.10. The summed E-state index contributed by atoms with van der Waals surface area (Å²) in [6.45, 7) is 0.820. The third-order valence-corrected chi connectivity index (χ3v) is 5.79. The zero-order valence-electron chi connectivity index (χ0n) is 11.5. The van der Waals surface area contributed by atoms with E-state index in [0.29, 0.717) is 16.5 Å². The molecule has 112 valence electrons. The number of rotatable bonds is 5.